The van der Waals surface area contributed by atoms with Gasteiger partial charge in [-0.3, -0.25) is 4.79 Å². The SMILES string of the molecule is CCC[C@H](NC(=O)NCc1ccc(F)cc1)C(=O)NCCOC. The fraction of sp³-hybridized carbons (Fsp3) is 0.500. The van der Waals surface area contributed by atoms with Gasteiger partial charge in [-0.25, -0.2) is 9.18 Å². The molecule has 0 radical (unpaired) electrons. The molecule has 0 unspecified atom stereocenters. The summed E-state index contributed by atoms with van der Waals surface area (Å²) in [6.45, 7) is 3.01. The van der Waals surface area contributed by atoms with Crippen molar-refractivity contribution in [3.63, 3.8) is 0 Å². The number of rotatable bonds is 9. The monoisotopic (exact) mass is 325 g/mol. The van der Waals surface area contributed by atoms with Crippen LogP contribution in [0.15, 0.2) is 24.3 Å². The average molecular weight is 325 g/mol. The van der Waals surface area contributed by atoms with Crippen molar-refractivity contribution in [1.29, 1.82) is 0 Å². The maximum Gasteiger partial charge on any atom is 0.315 e. The first kappa shape index (κ1) is 18.9. The second kappa shape index (κ2) is 10.6. The van der Waals surface area contributed by atoms with Crippen molar-refractivity contribution in [3.8, 4) is 0 Å². The molecule has 3 N–H and O–H groups in total. The van der Waals surface area contributed by atoms with E-state index in [2.05, 4.69) is 16.0 Å². The molecule has 7 heteroatoms. The molecule has 0 aliphatic carbocycles. The van der Waals surface area contributed by atoms with Crippen molar-refractivity contribution in [2.75, 3.05) is 20.3 Å². The molecule has 0 bridgehead atoms. The van der Waals surface area contributed by atoms with Crippen LogP contribution in [-0.2, 0) is 16.1 Å². The molecule has 1 atom stereocenters. The minimum atomic E-state index is -0.593. The van der Waals surface area contributed by atoms with Gasteiger partial charge in [-0.05, 0) is 24.1 Å². The Morgan fingerprint density at radius 2 is 1.91 bits per heavy atom. The molecule has 6 nitrogen and oxygen atoms in total. The number of nitrogens with one attached hydrogen (secondary N) is 3. The normalized spacial score (nSPS) is 11.6. The van der Waals surface area contributed by atoms with E-state index < -0.39 is 12.1 Å². The Morgan fingerprint density at radius 3 is 2.52 bits per heavy atom. The summed E-state index contributed by atoms with van der Waals surface area (Å²) in [5.74, 6) is -0.560. The van der Waals surface area contributed by atoms with Crippen LogP contribution in [0.1, 0.15) is 25.3 Å². The Labute approximate surface area is 135 Å². The van der Waals surface area contributed by atoms with Gasteiger partial charge in [0.1, 0.15) is 11.9 Å². The molecule has 0 saturated carbocycles. The molecule has 1 aromatic rings. The summed E-state index contributed by atoms with van der Waals surface area (Å²) in [5.41, 5.74) is 0.776. The molecule has 0 heterocycles. The third kappa shape index (κ3) is 7.60. The first-order chi connectivity index (χ1) is 11.1. The Hall–Kier alpha value is -2.15. The molecule has 1 rings (SSSR count). The van der Waals surface area contributed by atoms with Crippen LogP contribution in [-0.4, -0.2) is 38.2 Å². The van der Waals surface area contributed by atoms with Crippen LogP contribution in [0, 0.1) is 5.82 Å². The number of methoxy groups -OCH3 is 1. The number of carbonyl (C=O) groups excluding carboxylic acids is 2. The number of hydrogen-bond acceptors (Lipinski definition) is 3. The molecule has 0 aliphatic heterocycles. The minimum Gasteiger partial charge on any atom is -0.383 e. The topological polar surface area (TPSA) is 79.5 Å². The molecule has 128 valence electrons. The summed E-state index contributed by atoms with van der Waals surface area (Å²) in [5, 5.41) is 8.01. The van der Waals surface area contributed by atoms with Gasteiger partial charge in [0, 0.05) is 20.2 Å². The Kier molecular flexibility index (Phi) is 8.67. The van der Waals surface area contributed by atoms with E-state index in [1.165, 1.54) is 12.1 Å². The van der Waals surface area contributed by atoms with Crippen molar-refractivity contribution in [3.05, 3.63) is 35.6 Å². The van der Waals surface area contributed by atoms with E-state index in [0.29, 0.717) is 19.6 Å². The smallest absolute Gasteiger partial charge is 0.315 e. The average Bonchev–Trinajstić information content (AvgIpc) is 2.54. The van der Waals surface area contributed by atoms with Gasteiger partial charge in [0.05, 0.1) is 6.61 Å². The first-order valence-corrected chi connectivity index (χ1v) is 7.62. The second-order valence-corrected chi connectivity index (χ2v) is 5.08. The van der Waals surface area contributed by atoms with Gasteiger partial charge in [-0.2, -0.15) is 0 Å². The Bertz CT molecular complexity index is 494. The minimum absolute atomic E-state index is 0.235. The lowest BCUT2D eigenvalue weighted by Gasteiger charge is -2.18. The summed E-state index contributed by atoms with van der Waals surface area (Å²) in [7, 11) is 1.55. The van der Waals surface area contributed by atoms with Gasteiger partial charge < -0.3 is 20.7 Å². The number of urea groups is 1. The van der Waals surface area contributed by atoms with Crippen molar-refractivity contribution in [2.45, 2.75) is 32.4 Å². The fourth-order valence-corrected chi connectivity index (χ4v) is 1.95. The molecule has 1 aromatic carbocycles. The van der Waals surface area contributed by atoms with Gasteiger partial charge in [0.25, 0.3) is 0 Å². The second-order valence-electron chi connectivity index (χ2n) is 5.08. The fourth-order valence-electron chi connectivity index (χ4n) is 1.95. The highest BCUT2D eigenvalue weighted by Crippen LogP contribution is 2.02. The Balaban J connectivity index is 2.43. The molecule has 23 heavy (non-hydrogen) atoms. The third-order valence-corrected chi connectivity index (χ3v) is 3.17. The Morgan fingerprint density at radius 1 is 1.22 bits per heavy atom. The lowest BCUT2D eigenvalue weighted by molar-refractivity contribution is -0.123. The number of benzene rings is 1. The van der Waals surface area contributed by atoms with Crippen LogP contribution < -0.4 is 16.0 Å². The highest BCUT2D eigenvalue weighted by molar-refractivity contribution is 5.86. The van der Waals surface area contributed by atoms with Gasteiger partial charge in [0.2, 0.25) is 5.91 Å². The highest BCUT2D eigenvalue weighted by Gasteiger charge is 2.19. The van der Waals surface area contributed by atoms with Gasteiger partial charge in [0.15, 0.2) is 0 Å². The summed E-state index contributed by atoms with van der Waals surface area (Å²) in [6.07, 6.45) is 1.31. The molecular formula is C16H24FN3O3. The maximum atomic E-state index is 12.8. The van der Waals surface area contributed by atoms with Gasteiger partial charge in [-0.1, -0.05) is 25.5 Å². The summed E-state index contributed by atoms with van der Waals surface area (Å²) < 4.78 is 17.7. The third-order valence-electron chi connectivity index (χ3n) is 3.17. The van der Waals surface area contributed by atoms with E-state index in [1.54, 1.807) is 19.2 Å². The standard InChI is InChI=1S/C16H24FN3O3/c1-3-4-14(15(21)18-9-10-23-2)20-16(22)19-11-12-5-7-13(17)8-6-12/h5-8,14H,3-4,9-11H2,1-2H3,(H,18,21)(H2,19,20,22)/t14-/m0/s1. The van der Waals surface area contributed by atoms with Crippen LogP contribution in [0.3, 0.4) is 0 Å². The van der Waals surface area contributed by atoms with E-state index in [0.717, 1.165) is 12.0 Å². The number of hydrogen-bond donors (Lipinski definition) is 3. The molecule has 0 aromatic heterocycles. The predicted molar refractivity (Wildman–Crippen MR) is 85.4 cm³/mol. The zero-order chi connectivity index (χ0) is 17.1. The summed E-state index contributed by atoms with van der Waals surface area (Å²) in [6, 6.07) is 4.82. The molecule has 0 fully saturated rings. The van der Waals surface area contributed by atoms with E-state index >= 15 is 0 Å². The van der Waals surface area contributed by atoms with E-state index in [1.807, 2.05) is 6.92 Å². The highest BCUT2D eigenvalue weighted by atomic mass is 19.1. The van der Waals surface area contributed by atoms with Crippen molar-refractivity contribution in [2.24, 2.45) is 0 Å². The molecule has 0 spiro atoms. The number of ether oxygens (including phenoxy) is 1. The number of halogens is 1. The lowest BCUT2D eigenvalue weighted by Crippen LogP contribution is -2.50. The van der Waals surface area contributed by atoms with Crippen molar-refractivity contribution in [1.82, 2.24) is 16.0 Å². The summed E-state index contributed by atoms with van der Waals surface area (Å²) >= 11 is 0. The molecule has 0 aliphatic rings. The van der Waals surface area contributed by atoms with E-state index in [4.69, 9.17) is 4.74 Å². The molecule has 0 saturated heterocycles. The lowest BCUT2D eigenvalue weighted by atomic mass is 10.1. The van der Waals surface area contributed by atoms with Gasteiger partial charge >= 0.3 is 6.03 Å². The summed E-state index contributed by atoms with van der Waals surface area (Å²) in [4.78, 5) is 23.9. The van der Waals surface area contributed by atoms with Crippen LogP contribution >= 0.6 is 0 Å². The first-order valence-electron chi connectivity index (χ1n) is 7.62. The van der Waals surface area contributed by atoms with Crippen LogP contribution in [0.2, 0.25) is 0 Å². The van der Waals surface area contributed by atoms with Crippen LogP contribution in [0.5, 0.6) is 0 Å². The predicted octanol–water partition coefficient (Wildman–Crippen LogP) is 1.56. The van der Waals surface area contributed by atoms with Crippen molar-refractivity contribution >= 4 is 11.9 Å². The van der Waals surface area contributed by atoms with Gasteiger partial charge in [-0.15, -0.1) is 0 Å². The largest absolute Gasteiger partial charge is 0.383 e. The van der Waals surface area contributed by atoms with Crippen LogP contribution in [0.25, 0.3) is 0 Å². The maximum absolute atomic E-state index is 12.8. The van der Waals surface area contributed by atoms with Crippen molar-refractivity contribution < 1.29 is 18.7 Å². The number of carbonyl (C=O) groups is 2. The zero-order valence-corrected chi connectivity index (χ0v) is 13.5. The van der Waals surface area contributed by atoms with E-state index in [-0.39, 0.29) is 18.3 Å². The van der Waals surface area contributed by atoms with E-state index in [9.17, 15) is 14.0 Å². The quantitative estimate of drug-likeness (QED) is 0.603. The number of amides is 3. The zero-order valence-electron chi connectivity index (χ0n) is 13.5. The molecular weight excluding hydrogens is 301 g/mol. The molecule has 3 amide bonds. The van der Waals surface area contributed by atoms with Crippen LogP contribution in [0.4, 0.5) is 9.18 Å².